The number of urea groups is 1. The Bertz CT molecular complexity index is 1230. The molecular weight excluding hydrogens is 426 g/mol. The van der Waals surface area contributed by atoms with Gasteiger partial charge in [0.25, 0.3) is 11.8 Å². The van der Waals surface area contributed by atoms with Crippen LogP contribution in [0.3, 0.4) is 0 Å². The van der Waals surface area contributed by atoms with Gasteiger partial charge in [-0.2, -0.15) is 0 Å². The van der Waals surface area contributed by atoms with E-state index in [9.17, 15) is 14.4 Å². The van der Waals surface area contributed by atoms with Crippen molar-refractivity contribution < 1.29 is 14.4 Å². The Hall–Kier alpha value is -3.41. The van der Waals surface area contributed by atoms with Gasteiger partial charge in [0, 0.05) is 17.3 Å². The van der Waals surface area contributed by atoms with Crippen LogP contribution >= 0.6 is 0 Å². The first-order chi connectivity index (χ1) is 15.9. The summed E-state index contributed by atoms with van der Waals surface area (Å²) in [5.41, 5.74) is 5.42. The highest BCUT2D eigenvalue weighted by Crippen LogP contribution is 2.45. The molecule has 0 aliphatic carbocycles. The van der Waals surface area contributed by atoms with E-state index < -0.39 is 17.8 Å². The molecule has 1 saturated heterocycles. The molecule has 0 spiro atoms. The predicted octanol–water partition coefficient (Wildman–Crippen LogP) is 5.47. The third-order valence-electron chi connectivity index (χ3n) is 6.94. The Morgan fingerprint density at radius 3 is 2.35 bits per heavy atom. The number of rotatable bonds is 3. The number of aryl methyl sites for hydroxylation is 2. The molecule has 4 amide bonds. The van der Waals surface area contributed by atoms with Crippen molar-refractivity contribution in [3.8, 4) is 0 Å². The van der Waals surface area contributed by atoms with Gasteiger partial charge in [-0.15, -0.1) is 0 Å². The molecule has 1 atom stereocenters. The van der Waals surface area contributed by atoms with Crippen molar-refractivity contribution in [1.82, 2.24) is 5.32 Å². The molecule has 4 rings (SSSR count). The summed E-state index contributed by atoms with van der Waals surface area (Å²) in [4.78, 5) is 42.2. The van der Waals surface area contributed by atoms with Crippen molar-refractivity contribution in [2.75, 3.05) is 9.80 Å². The van der Waals surface area contributed by atoms with E-state index in [-0.39, 0.29) is 11.1 Å². The molecule has 1 fully saturated rings. The summed E-state index contributed by atoms with van der Waals surface area (Å²) in [6, 6.07) is 11.0. The van der Waals surface area contributed by atoms with Crippen molar-refractivity contribution in [2.45, 2.75) is 72.4 Å². The van der Waals surface area contributed by atoms with Crippen LogP contribution in [0.2, 0.25) is 0 Å². The third-order valence-corrected chi connectivity index (χ3v) is 6.94. The number of nitrogens with one attached hydrogen (secondary N) is 1. The Kier molecular flexibility index (Phi) is 5.88. The second-order valence-corrected chi connectivity index (χ2v) is 10.4. The van der Waals surface area contributed by atoms with Gasteiger partial charge >= 0.3 is 6.03 Å². The van der Waals surface area contributed by atoms with Crippen molar-refractivity contribution in [3.05, 3.63) is 64.2 Å². The van der Waals surface area contributed by atoms with Gasteiger partial charge in [0.05, 0.1) is 5.69 Å². The van der Waals surface area contributed by atoms with Crippen LogP contribution in [0.4, 0.5) is 16.2 Å². The summed E-state index contributed by atoms with van der Waals surface area (Å²) in [5, 5.41) is 2.33. The minimum Gasteiger partial charge on any atom is -0.364 e. The van der Waals surface area contributed by atoms with Gasteiger partial charge in [-0.3, -0.25) is 14.9 Å². The number of carbonyl (C=O) groups excluding carboxylic acids is 3. The monoisotopic (exact) mass is 459 g/mol. The Morgan fingerprint density at radius 2 is 1.71 bits per heavy atom. The van der Waals surface area contributed by atoms with E-state index in [0.717, 1.165) is 28.0 Å². The number of hydrogen-bond acceptors (Lipinski definition) is 4. The van der Waals surface area contributed by atoms with Crippen molar-refractivity contribution in [3.63, 3.8) is 0 Å². The fourth-order valence-corrected chi connectivity index (χ4v) is 5.59. The van der Waals surface area contributed by atoms with Crippen LogP contribution in [0.15, 0.2) is 42.0 Å². The van der Waals surface area contributed by atoms with E-state index in [4.69, 9.17) is 0 Å². The van der Waals surface area contributed by atoms with E-state index in [1.807, 2.05) is 26.0 Å². The van der Waals surface area contributed by atoms with Crippen LogP contribution in [0.1, 0.15) is 69.2 Å². The zero-order valence-corrected chi connectivity index (χ0v) is 21.0. The number of para-hydroxylation sites is 1. The van der Waals surface area contributed by atoms with Crippen LogP contribution < -0.4 is 15.1 Å². The highest BCUT2D eigenvalue weighted by atomic mass is 16.2. The summed E-state index contributed by atoms with van der Waals surface area (Å²) in [5.74, 6) is -0.952. The van der Waals surface area contributed by atoms with Gasteiger partial charge in [0.15, 0.2) is 0 Å². The minimum atomic E-state index is -0.730. The Morgan fingerprint density at radius 1 is 1.03 bits per heavy atom. The summed E-state index contributed by atoms with van der Waals surface area (Å²) in [6.45, 7) is 15.0. The van der Waals surface area contributed by atoms with Gasteiger partial charge in [-0.25, -0.2) is 9.69 Å². The molecule has 2 aliphatic rings. The molecule has 34 heavy (non-hydrogen) atoms. The largest absolute Gasteiger partial charge is 0.364 e. The molecule has 0 aromatic heterocycles. The van der Waals surface area contributed by atoms with E-state index >= 15 is 0 Å². The molecule has 2 aromatic carbocycles. The Balaban J connectivity index is 1.80. The van der Waals surface area contributed by atoms with Crippen molar-refractivity contribution >= 4 is 35.3 Å². The van der Waals surface area contributed by atoms with Gasteiger partial charge < -0.3 is 4.90 Å². The number of barbiturate groups is 1. The molecule has 2 aliphatic heterocycles. The smallest absolute Gasteiger partial charge is 0.335 e. The van der Waals surface area contributed by atoms with Crippen molar-refractivity contribution in [2.24, 2.45) is 0 Å². The zero-order valence-electron chi connectivity index (χ0n) is 21.0. The van der Waals surface area contributed by atoms with Crippen molar-refractivity contribution in [1.29, 1.82) is 0 Å². The molecular formula is C28H33N3O3. The summed E-state index contributed by atoms with van der Waals surface area (Å²) >= 11 is 0. The average molecular weight is 460 g/mol. The molecule has 0 bridgehead atoms. The number of carbonyl (C=O) groups is 3. The Labute approximate surface area is 201 Å². The molecule has 6 nitrogen and oxygen atoms in total. The first-order valence-corrected chi connectivity index (χ1v) is 11.8. The topological polar surface area (TPSA) is 69.7 Å². The van der Waals surface area contributed by atoms with Crippen LogP contribution in [0.5, 0.6) is 0 Å². The van der Waals surface area contributed by atoms with Crippen LogP contribution in [0.25, 0.3) is 6.08 Å². The maximum atomic E-state index is 13.4. The number of nitrogens with zero attached hydrogens (tertiary/aromatic N) is 2. The molecule has 2 heterocycles. The summed E-state index contributed by atoms with van der Waals surface area (Å²) in [6.07, 6.45) is 2.63. The number of amides is 4. The fourth-order valence-electron chi connectivity index (χ4n) is 5.59. The minimum absolute atomic E-state index is 0.0284. The second kappa shape index (κ2) is 8.42. The van der Waals surface area contributed by atoms with Gasteiger partial charge in [0.2, 0.25) is 0 Å². The first-order valence-electron chi connectivity index (χ1n) is 11.8. The molecule has 6 heteroatoms. The lowest BCUT2D eigenvalue weighted by Crippen LogP contribution is -2.54. The maximum Gasteiger partial charge on any atom is 0.335 e. The number of anilines is 2. The molecule has 2 aromatic rings. The lowest BCUT2D eigenvalue weighted by atomic mass is 9.78. The SMILES string of the molecule is Cc1cc2c(cc1/C=C1\C(=O)NC(=O)N(c3ccccc3C)C1=O)[C@H](C)CC(C)(C)N2C(C)C. The second-order valence-electron chi connectivity index (χ2n) is 10.4. The number of fused-ring (bicyclic) bond motifs is 1. The van der Waals surface area contributed by atoms with Crippen LogP contribution in [-0.2, 0) is 9.59 Å². The quantitative estimate of drug-likeness (QED) is 0.488. The average Bonchev–Trinajstić information content (AvgIpc) is 2.72. The molecule has 0 saturated carbocycles. The fraction of sp³-hybridized carbons (Fsp3) is 0.393. The molecule has 0 radical (unpaired) electrons. The van der Waals surface area contributed by atoms with E-state index in [1.54, 1.807) is 18.2 Å². The standard InChI is InChI=1S/C28H33N3O3/c1-16(2)31-24-12-18(4)20(13-21(24)19(5)15-28(31,6)7)14-22-25(32)29-27(34)30(26(22)33)23-11-9-8-10-17(23)3/h8-14,16,19H,15H2,1-7H3,(H,29,32,34)/b22-14+/t19-/m1/s1. The maximum absolute atomic E-state index is 13.4. The van der Waals surface area contributed by atoms with E-state index in [1.165, 1.54) is 11.3 Å². The van der Waals surface area contributed by atoms with Gasteiger partial charge in [-0.1, -0.05) is 25.1 Å². The first kappa shape index (κ1) is 23.7. The lowest BCUT2D eigenvalue weighted by molar-refractivity contribution is -0.122. The van der Waals surface area contributed by atoms with Gasteiger partial charge in [-0.05, 0) is 100 Å². The number of imide groups is 2. The molecule has 0 unspecified atom stereocenters. The lowest BCUT2D eigenvalue weighted by Gasteiger charge is -2.50. The number of hydrogen-bond donors (Lipinski definition) is 1. The third kappa shape index (κ3) is 3.91. The highest BCUT2D eigenvalue weighted by molar-refractivity contribution is 6.39. The van der Waals surface area contributed by atoms with E-state index in [2.05, 4.69) is 57.0 Å². The molecule has 178 valence electrons. The summed E-state index contributed by atoms with van der Waals surface area (Å²) < 4.78 is 0. The van der Waals surface area contributed by atoms with Crippen LogP contribution in [0, 0.1) is 13.8 Å². The zero-order chi connectivity index (χ0) is 24.9. The normalized spacial score (nSPS) is 21.2. The van der Waals surface area contributed by atoms with Gasteiger partial charge in [0.1, 0.15) is 5.57 Å². The highest BCUT2D eigenvalue weighted by Gasteiger charge is 2.39. The van der Waals surface area contributed by atoms with Crippen LogP contribution in [-0.4, -0.2) is 29.4 Å². The molecule has 1 N–H and O–H groups in total. The predicted molar refractivity (Wildman–Crippen MR) is 136 cm³/mol. The summed E-state index contributed by atoms with van der Waals surface area (Å²) in [7, 11) is 0. The number of benzene rings is 2. The van der Waals surface area contributed by atoms with E-state index in [0.29, 0.717) is 17.6 Å².